The summed E-state index contributed by atoms with van der Waals surface area (Å²) in [6.07, 6.45) is 3.50. The van der Waals surface area contributed by atoms with Gasteiger partial charge in [-0.3, -0.25) is 0 Å². The summed E-state index contributed by atoms with van der Waals surface area (Å²) in [7, 11) is 1.70. The van der Waals surface area contributed by atoms with Crippen LogP contribution in [0.2, 0.25) is 0 Å². The van der Waals surface area contributed by atoms with Gasteiger partial charge in [-0.05, 0) is 25.5 Å². The molecule has 0 spiro atoms. The number of aliphatic imine (C=N–C) groups is 1. The third-order valence-electron chi connectivity index (χ3n) is 4.38. The summed E-state index contributed by atoms with van der Waals surface area (Å²) in [6, 6.07) is 6.24. The Labute approximate surface area is 173 Å². The van der Waals surface area contributed by atoms with E-state index >= 15 is 0 Å². The van der Waals surface area contributed by atoms with Crippen molar-refractivity contribution in [3.8, 4) is 5.75 Å². The van der Waals surface area contributed by atoms with E-state index in [1.165, 1.54) is 5.56 Å². The van der Waals surface area contributed by atoms with E-state index in [4.69, 9.17) is 14.5 Å². The van der Waals surface area contributed by atoms with Crippen molar-refractivity contribution in [2.45, 2.75) is 46.7 Å². The van der Waals surface area contributed by atoms with Gasteiger partial charge in [-0.1, -0.05) is 19.1 Å². The van der Waals surface area contributed by atoms with Gasteiger partial charge >= 0.3 is 0 Å². The van der Waals surface area contributed by atoms with Gasteiger partial charge in [0.2, 0.25) is 0 Å². The first-order valence-electron chi connectivity index (χ1n) is 10.3. The molecule has 0 saturated carbocycles. The predicted molar refractivity (Wildman–Crippen MR) is 115 cm³/mol. The minimum atomic E-state index is 0.544. The topological polar surface area (TPSA) is 85.6 Å². The quantitative estimate of drug-likeness (QED) is 0.322. The molecule has 1 aromatic carbocycles. The molecule has 160 valence electrons. The van der Waals surface area contributed by atoms with Crippen LogP contribution < -0.4 is 15.4 Å². The van der Waals surface area contributed by atoms with Crippen LogP contribution in [0.1, 0.15) is 37.2 Å². The van der Waals surface area contributed by atoms with Gasteiger partial charge in [0.15, 0.2) is 5.96 Å². The van der Waals surface area contributed by atoms with Crippen LogP contribution in [0.3, 0.4) is 0 Å². The summed E-state index contributed by atoms with van der Waals surface area (Å²) in [5.41, 5.74) is 2.24. The highest BCUT2D eigenvalue weighted by Gasteiger charge is 2.06. The molecule has 0 atom stereocenters. The number of aromatic nitrogens is 3. The lowest BCUT2D eigenvalue weighted by molar-refractivity contribution is 0.172. The molecule has 29 heavy (non-hydrogen) atoms. The van der Waals surface area contributed by atoms with Gasteiger partial charge in [0.1, 0.15) is 17.9 Å². The van der Waals surface area contributed by atoms with Crippen LogP contribution in [0, 0.1) is 6.92 Å². The average molecular weight is 403 g/mol. The second-order valence-corrected chi connectivity index (χ2v) is 6.72. The van der Waals surface area contributed by atoms with E-state index < -0.39 is 0 Å². The molecule has 0 radical (unpaired) electrons. The highest BCUT2D eigenvalue weighted by Crippen LogP contribution is 2.21. The lowest BCUT2D eigenvalue weighted by Gasteiger charge is -2.14. The van der Waals surface area contributed by atoms with Crippen LogP contribution in [-0.2, 0) is 24.2 Å². The number of aryl methyl sites for hydroxylation is 2. The Morgan fingerprint density at radius 1 is 1.21 bits per heavy atom. The second kappa shape index (κ2) is 12.8. The lowest BCUT2D eigenvalue weighted by atomic mass is 10.1. The summed E-state index contributed by atoms with van der Waals surface area (Å²) in [5, 5.41) is 14.8. The molecular weight excluding hydrogens is 368 g/mol. The van der Waals surface area contributed by atoms with Crippen molar-refractivity contribution in [3.63, 3.8) is 0 Å². The third kappa shape index (κ3) is 7.73. The van der Waals surface area contributed by atoms with Crippen LogP contribution in [-0.4, -0.2) is 54.1 Å². The van der Waals surface area contributed by atoms with Crippen molar-refractivity contribution in [3.05, 3.63) is 41.5 Å². The fourth-order valence-electron chi connectivity index (χ4n) is 2.85. The Morgan fingerprint density at radius 2 is 2.07 bits per heavy atom. The second-order valence-electron chi connectivity index (χ2n) is 6.72. The standard InChI is InChI=1S/C21H34N6O2/c1-5-20-26-25-16-27(20)11-10-23-21(22-6-2)24-15-18-9-8-17(3)14-19(18)29-13-7-12-28-4/h8-9,14,16H,5-7,10-13,15H2,1-4H3,(H2,22,23,24). The Bertz CT molecular complexity index is 759. The Balaban J connectivity index is 1.96. The Hall–Kier alpha value is -2.61. The van der Waals surface area contributed by atoms with Crippen molar-refractivity contribution in [2.75, 3.05) is 33.4 Å². The smallest absolute Gasteiger partial charge is 0.191 e. The number of hydrogen-bond acceptors (Lipinski definition) is 5. The molecule has 0 amide bonds. The molecule has 8 heteroatoms. The first kappa shape index (κ1) is 22.7. The minimum Gasteiger partial charge on any atom is -0.493 e. The van der Waals surface area contributed by atoms with Crippen LogP contribution in [0.4, 0.5) is 0 Å². The maximum atomic E-state index is 5.96. The normalized spacial score (nSPS) is 11.5. The van der Waals surface area contributed by atoms with Gasteiger partial charge in [0.05, 0.1) is 13.2 Å². The molecule has 0 saturated heterocycles. The SMILES string of the molecule is CCNC(=NCc1ccc(C)cc1OCCCOC)NCCn1cnnc1CC. The Kier molecular flexibility index (Phi) is 9.99. The lowest BCUT2D eigenvalue weighted by Crippen LogP contribution is -2.38. The number of guanidine groups is 1. The first-order valence-corrected chi connectivity index (χ1v) is 10.3. The molecule has 1 aromatic heterocycles. The fourth-order valence-corrected chi connectivity index (χ4v) is 2.85. The summed E-state index contributed by atoms with van der Waals surface area (Å²) >= 11 is 0. The summed E-state index contributed by atoms with van der Waals surface area (Å²) in [4.78, 5) is 4.73. The van der Waals surface area contributed by atoms with Crippen LogP contribution in [0.25, 0.3) is 0 Å². The van der Waals surface area contributed by atoms with Gasteiger partial charge in [-0.25, -0.2) is 4.99 Å². The molecule has 0 aliphatic heterocycles. The van der Waals surface area contributed by atoms with E-state index in [0.717, 1.165) is 55.6 Å². The molecule has 1 heterocycles. The highest BCUT2D eigenvalue weighted by molar-refractivity contribution is 5.79. The van der Waals surface area contributed by atoms with Gasteiger partial charge in [0, 0.05) is 51.8 Å². The molecule has 0 aliphatic carbocycles. The van der Waals surface area contributed by atoms with E-state index in [-0.39, 0.29) is 0 Å². The first-order chi connectivity index (χ1) is 14.2. The largest absolute Gasteiger partial charge is 0.493 e. The molecular formula is C21H34N6O2. The average Bonchev–Trinajstić information content (AvgIpc) is 3.18. The summed E-state index contributed by atoms with van der Waals surface area (Å²) < 4.78 is 13.1. The van der Waals surface area contributed by atoms with E-state index in [9.17, 15) is 0 Å². The molecule has 0 bridgehead atoms. The van der Waals surface area contributed by atoms with Crippen molar-refractivity contribution < 1.29 is 9.47 Å². The zero-order chi connectivity index (χ0) is 20.9. The monoisotopic (exact) mass is 402 g/mol. The Morgan fingerprint density at radius 3 is 2.83 bits per heavy atom. The van der Waals surface area contributed by atoms with Crippen LogP contribution >= 0.6 is 0 Å². The van der Waals surface area contributed by atoms with Crippen molar-refractivity contribution >= 4 is 5.96 Å². The number of nitrogens with zero attached hydrogens (tertiary/aromatic N) is 4. The van der Waals surface area contributed by atoms with Gasteiger partial charge in [-0.2, -0.15) is 0 Å². The molecule has 0 fully saturated rings. The summed E-state index contributed by atoms with van der Waals surface area (Å²) in [5.74, 6) is 2.66. The molecule has 2 aromatic rings. The van der Waals surface area contributed by atoms with E-state index in [0.29, 0.717) is 19.8 Å². The van der Waals surface area contributed by atoms with Crippen molar-refractivity contribution in [2.24, 2.45) is 4.99 Å². The number of ether oxygens (including phenoxy) is 2. The van der Waals surface area contributed by atoms with Gasteiger partial charge < -0.3 is 24.7 Å². The molecule has 0 unspecified atom stereocenters. The maximum Gasteiger partial charge on any atom is 0.191 e. The maximum absolute atomic E-state index is 5.96. The van der Waals surface area contributed by atoms with Crippen molar-refractivity contribution in [1.82, 2.24) is 25.4 Å². The zero-order valence-electron chi connectivity index (χ0n) is 18.1. The molecule has 2 N–H and O–H groups in total. The van der Waals surface area contributed by atoms with E-state index in [2.05, 4.69) is 64.4 Å². The number of rotatable bonds is 12. The van der Waals surface area contributed by atoms with Crippen LogP contribution in [0.5, 0.6) is 5.75 Å². The summed E-state index contributed by atoms with van der Waals surface area (Å²) in [6.45, 7) is 10.4. The zero-order valence-corrected chi connectivity index (χ0v) is 18.1. The van der Waals surface area contributed by atoms with E-state index in [1.807, 2.05) is 0 Å². The minimum absolute atomic E-state index is 0.544. The van der Waals surface area contributed by atoms with Crippen molar-refractivity contribution in [1.29, 1.82) is 0 Å². The molecule has 8 nitrogen and oxygen atoms in total. The molecule has 2 rings (SSSR count). The molecule has 0 aliphatic rings. The number of hydrogen-bond donors (Lipinski definition) is 2. The number of benzene rings is 1. The number of methoxy groups -OCH3 is 1. The fraction of sp³-hybridized carbons (Fsp3) is 0.571. The van der Waals surface area contributed by atoms with Crippen LogP contribution in [0.15, 0.2) is 29.5 Å². The van der Waals surface area contributed by atoms with E-state index in [1.54, 1.807) is 13.4 Å². The van der Waals surface area contributed by atoms with Gasteiger partial charge in [-0.15, -0.1) is 10.2 Å². The predicted octanol–water partition coefficient (Wildman–Crippen LogP) is 2.32. The highest BCUT2D eigenvalue weighted by atomic mass is 16.5. The third-order valence-corrected chi connectivity index (χ3v) is 4.38. The van der Waals surface area contributed by atoms with Gasteiger partial charge in [0.25, 0.3) is 0 Å². The number of nitrogens with one attached hydrogen (secondary N) is 2.